The number of hydrogen-bond donors (Lipinski definition) is 1. The van der Waals surface area contributed by atoms with Crippen LogP contribution in [0.5, 0.6) is 5.88 Å². The summed E-state index contributed by atoms with van der Waals surface area (Å²) in [5.41, 5.74) is 2.78. The van der Waals surface area contributed by atoms with Crippen molar-refractivity contribution < 1.29 is 31.5 Å². The second-order valence-electron chi connectivity index (χ2n) is 11.2. The molecule has 0 saturated heterocycles. The number of benzene rings is 2. The van der Waals surface area contributed by atoms with E-state index < -0.39 is 38.2 Å². The van der Waals surface area contributed by atoms with Crippen LogP contribution in [0.1, 0.15) is 38.3 Å². The van der Waals surface area contributed by atoms with Crippen LogP contribution in [-0.2, 0) is 14.8 Å². The van der Waals surface area contributed by atoms with Crippen molar-refractivity contribution in [3.05, 3.63) is 83.7 Å². The third-order valence-electron chi connectivity index (χ3n) is 6.98. The molecule has 0 fully saturated rings. The highest BCUT2D eigenvalue weighted by atomic mass is 32.2. The fourth-order valence-corrected chi connectivity index (χ4v) is 6.16. The van der Waals surface area contributed by atoms with Gasteiger partial charge >= 0.3 is 6.09 Å². The number of carbonyl (C=O) groups excluding carboxylic acids is 1. The second-order valence-corrected chi connectivity index (χ2v) is 12.9. The van der Waals surface area contributed by atoms with Gasteiger partial charge < -0.3 is 14.4 Å². The molecule has 4 aromatic rings. The van der Waals surface area contributed by atoms with E-state index in [1.807, 2.05) is 6.08 Å². The average molecular weight is 634 g/mol. The van der Waals surface area contributed by atoms with Gasteiger partial charge in [0.1, 0.15) is 29.0 Å². The zero-order chi connectivity index (χ0) is 32.5. The highest BCUT2D eigenvalue weighted by molar-refractivity contribution is 7.92. The lowest BCUT2D eigenvalue weighted by Crippen LogP contribution is -2.39. The first kappa shape index (κ1) is 31.3. The minimum absolute atomic E-state index is 0.115. The molecule has 1 amide bonds. The number of nitrogens with zero attached hydrogens (tertiary/aromatic N) is 4. The molecular formula is C32H29F2N5O5S. The molecule has 0 atom stereocenters. The molecule has 0 aliphatic carbocycles. The number of methoxy groups -OCH3 is 1. The number of fused-ring (bicyclic) bond motifs is 1. The molecule has 2 aromatic heterocycles. The summed E-state index contributed by atoms with van der Waals surface area (Å²) in [6.07, 6.45) is 4.90. The van der Waals surface area contributed by atoms with E-state index >= 15 is 0 Å². The maximum Gasteiger partial charge on any atom is 0.410 e. The van der Waals surface area contributed by atoms with E-state index in [1.165, 1.54) is 25.6 Å². The van der Waals surface area contributed by atoms with E-state index in [1.54, 1.807) is 43.9 Å². The summed E-state index contributed by atoms with van der Waals surface area (Å²) in [4.78, 5) is 21.7. The topological polar surface area (TPSA) is 135 Å². The second kappa shape index (κ2) is 12.1. The smallest absolute Gasteiger partial charge is 0.410 e. The van der Waals surface area contributed by atoms with Gasteiger partial charge in [-0.15, -0.1) is 0 Å². The number of rotatable bonds is 6. The first-order valence-electron chi connectivity index (χ1n) is 13.8. The van der Waals surface area contributed by atoms with Gasteiger partial charge in [0, 0.05) is 42.0 Å². The van der Waals surface area contributed by atoms with Gasteiger partial charge in [-0.2, -0.15) is 5.26 Å². The largest absolute Gasteiger partial charge is 0.480 e. The zero-order valence-corrected chi connectivity index (χ0v) is 25.7. The molecule has 1 aliphatic rings. The van der Waals surface area contributed by atoms with E-state index in [-0.39, 0.29) is 11.6 Å². The summed E-state index contributed by atoms with van der Waals surface area (Å²) < 4.78 is 67.6. The van der Waals surface area contributed by atoms with Crippen molar-refractivity contribution in [3.63, 3.8) is 0 Å². The molecule has 1 aliphatic heterocycles. The number of ether oxygens (including phenoxy) is 2. The van der Waals surface area contributed by atoms with E-state index in [0.717, 1.165) is 23.8 Å². The van der Waals surface area contributed by atoms with Crippen LogP contribution in [0.2, 0.25) is 0 Å². The minimum atomic E-state index is -4.70. The molecule has 45 heavy (non-hydrogen) atoms. The third-order valence-corrected chi connectivity index (χ3v) is 8.40. The molecule has 0 unspecified atom stereocenters. The van der Waals surface area contributed by atoms with Crippen molar-refractivity contribution >= 4 is 38.3 Å². The van der Waals surface area contributed by atoms with Crippen LogP contribution in [0.25, 0.3) is 27.6 Å². The number of nitriles is 1. The maximum absolute atomic E-state index is 14.3. The molecule has 10 nitrogen and oxygen atoms in total. The Bertz CT molecular complexity index is 1980. The van der Waals surface area contributed by atoms with Gasteiger partial charge in [0.05, 0.1) is 18.2 Å². The fourth-order valence-electron chi connectivity index (χ4n) is 4.97. The fraction of sp³-hybridized carbons (Fsp3) is 0.250. The highest BCUT2D eigenvalue weighted by Gasteiger charge is 2.27. The number of anilines is 1. The van der Waals surface area contributed by atoms with Gasteiger partial charge in [0.25, 0.3) is 10.0 Å². The molecule has 0 spiro atoms. The lowest BCUT2D eigenvalue weighted by Gasteiger charge is -2.30. The summed E-state index contributed by atoms with van der Waals surface area (Å²) in [5.74, 6) is -2.62. The van der Waals surface area contributed by atoms with Crippen molar-refractivity contribution in [1.82, 2.24) is 14.9 Å². The van der Waals surface area contributed by atoms with Crippen LogP contribution in [-0.4, -0.2) is 55.2 Å². The number of amides is 1. The lowest BCUT2D eigenvalue weighted by atomic mass is 9.91. The van der Waals surface area contributed by atoms with Gasteiger partial charge in [0.15, 0.2) is 4.90 Å². The third kappa shape index (κ3) is 6.56. The van der Waals surface area contributed by atoms with Crippen molar-refractivity contribution in [1.29, 1.82) is 5.26 Å². The maximum atomic E-state index is 14.3. The molecule has 232 valence electrons. The molecule has 0 bridgehead atoms. The molecule has 3 heterocycles. The molecule has 0 radical (unpaired) electrons. The van der Waals surface area contributed by atoms with E-state index in [0.29, 0.717) is 52.7 Å². The molecule has 0 saturated carbocycles. The minimum Gasteiger partial charge on any atom is -0.480 e. The summed E-state index contributed by atoms with van der Waals surface area (Å²) in [6, 6.07) is 11.7. The first-order chi connectivity index (χ1) is 21.3. The Morgan fingerprint density at radius 2 is 1.80 bits per heavy atom. The van der Waals surface area contributed by atoms with Crippen LogP contribution in [0, 0.1) is 23.0 Å². The van der Waals surface area contributed by atoms with E-state index in [4.69, 9.17) is 9.47 Å². The Morgan fingerprint density at radius 3 is 2.42 bits per heavy atom. The monoisotopic (exact) mass is 633 g/mol. The van der Waals surface area contributed by atoms with Gasteiger partial charge in [-0.25, -0.2) is 27.0 Å². The summed E-state index contributed by atoms with van der Waals surface area (Å²) in [6.45, 7) is 6.09. The highest BCUT2D eigenvalue weighted by Crippen LogP contribution is 2.36. The molecule has 1 N–H and O–H groups in total. The summed E-state index contributed by atoms with van der Waals surface area (Å²) in [7, 11) is -3.42. The number of aromatic nitrogens is 2. The van der Waals surface area contributed by atoms with E-state index in [2.05, 4.69) is 20.8 Å². The Kier molecular flexibility index (Phi) is 8.44. The zero-order valence-electron chi connectivity index (χ0n) is 24.9. The van der Waals surface area contributed by atoms with Gasteiger partial charge in [-0.3, -0.25) is 9.71 Å². The van der Waals surface area contributed by atoms with Crippen LogP contribution >= 0.6 is 0 Å². The van der Waals surface area contributed by atoms with Crippen molar-refractivity contribution in [2.75, 3.05) is 24.9 Å². The SMILES string of the molecule is COc1ncc(-c2ccc3ncc(C#N)c(C4=CCN(C(=O)OC(C)(C)C)CC4)c3c2)cc1NS(=O)(=O)c1c(F)cccc1F. The first-order valence-corrected chi connectivity index (χ1v) is 15.3. The van der Waals surface area contributed by atoms with Crippen LogP contribution in [0.15, 0.2) is 65.8 Å². The normalized spacial score (nSPS) is 13.6. The molecule has 2 aromatic carbocycles. The average Bonchev–Trinajstić information content (AvgIpc) is 2.99. The quantitative estimate of drug-likeness (QED) is 0.262. The number of halogens is 2. The molecule has 5 rings (SSSR count). The number of sulfonamides is 1. The standard InChI is InChI=1S/C32H29F2N5O5S/c1-32(2,3)44-31(40)39-12-10-19(11-13-39)28-22(16-35)18-36-26-9-8-20(14-23(26)28)21-15-27(30(43-4)37-17-21)38-45(41,42)29-24(33)6-5-7-25(29)34/h5-10,14-15,17-18,38H,11-13H2,1-4H3. The number of nitrogens with one attached hydrogen (secondary N) is 1. The number of carbonyl (C=O) groups is 1. The predicted molar refractivity (Wildman–Crippen MR) is 164 cm³/mol. The van der Waals surface area contributed by atoms with Gasteiger partial charge in [-0.05, 0) is 68.7 Å². The van der Waals surface area contributed by atoms with Crippen LogP contribution in [0.3, 0.4) is 0 Å². The van der Waals surface area contributed by atoms with E-state index in [9.17, 15) is 27.3 Å². The lowest BCUT2D eigenvalue weighted by molar-refractivity contribution is 0.0270. The van der Waals surface area contributed by atoms with Crippen LogP contribution < -0.4 is 9.46 Å². The molecule has 13 heteroatoms. The van der Waals surface area contributed by atoms with Crippen molar-refractivity contribution in [3.8, 4) is 23.1 Å². The Labute approximate surface area is 259 Å². The Balaban J connectivity index is 1.54. The van der Waals surface area contributed by atoms with Gasteiger partial charge in [0.2, 0.25) is 5.88 Å². The number of pyridine rings is 2. The molecular weight excluding hydrogens is 604 g/mol. The van der Waals surface area contributed by atoms with Crippen molar-refractivity contribution in [2.45, 2.75) is 37.7 Å². The van der Waals surface area contributed by atoms with Gasteiger partial charge in [-0.1, -0.05) is 18.2 Å². The Morgan fingerprint density at radius 1 is 1.07 bits per heavy atom. The van der Waals surface area contributed by atoms with Crippen LogP contribution in [0.4, 0.5) is 19.3 Å². The van der Waals surface area contributed by atoms with Crippen molar-refractivity contribution in [2.24, 2.45) is 0 Å². The summed E-state index contributed by atoms with van der Waals surface area (Å²) >= 11 is 0. The predicted octanol–water partition coefficient (Wildman–Crippen LogP) is 6.28. The summed E-state index contributed by atoms with van der Waals surface area (Å²) in [5, 5.41) is 10.6. The number of hydrogen-bond acceptors (Lipinski definition) is 8. The Hall–Kier alpha value is -5.09.